The SMILES string of the molecule is CCC1CCCN(C(CN)c2ccc(C(C)(C)C)cc2)C1. The van der Waals surface area contributed by atoms with E-state index in [-0.39, 0.29) is 5.41 Å². The maximum Gasteiger partial charge on any atom is 0.0470 e. The highest BCUT2D eigenvalue weighted by atomic mass is 15.2. The summed E-state index contributed by atoms with van der Waals surface area (Å²) >= 11 is 0. The zero-order valence-electron chi connectivity index (χ0n) is 14.2. The summed E-state index contributed by atoms with van der Waals surface area (Å²) in [4.78, 5) is 2.60. The van der Waals surface area contributed by atoms with Crippen LogP contribution in [0.1, 0.15) is 64.1 Å². The first-order valence-corrected chi connectivity index (χ1v) is 8.50. The Hall–Kier alpha value is -0.860. The molecule has 0 saturated carbocycles. The molecule has 1 aromatic rings. The summed E-state index contributed by atoms with van der Waals surface area (Å²) in [6.45, 7) is 12.2. The molecule has 118 valence electrons. The van der Waals surface area contributed by atoms with Gasteiger partial charge in [-0.2, -0.15) is 0 Å². The molecule has 2 heteroatoms. The molecule has 1 aliphatic heterocycles. The molecule has 0 radical (unpaired) electrons. The molecular weight excluding hydrogens is 256 g/mol. The van der Waals surface area contributed by atoms with Crippen molar-refractivity contribution >= 4 is 0 Å². The van der Waals surface area contributed by atoms with Gasteiger partial charge in [-0.15, -0.1) is 0 Å². The molecule has 0 spiro atoms. The molecule has 2 rings (SSSR count). The van der Waals surface area contributed by atoms with Gasteiger partial charge in [-0.3, -0.25) is 4.90 Å². The summed E-state index contributed by atoms with van der Waals surface area (Å²) in [7, 11) is 0. The lowest BCUT2D eigenvalue weighted by Crippen LogP contribution is -2.41. The van der Waals surface area contributed by atoms with Crippen molar-refractivity contribution in [2.45, 2.75) is 58.4 Å². The Kier molecular flexibility index (Phi) is 5.45. The van der Waals surface area contributed by atoms with Crippen LogP contribution in [0.2, 0.25) is 0 Å². The number of benzene rings is 1. The molecule has 0 amide bonds. The van der Waals surface area contributed by atoms with Crippen LogP contribution in [0.4, 0.5) is 0 Å². The molecular formula is C19H32N2. The third-order valence-electron chi connectivity index (χ3n) is 4.95. The number of nitrogens with zero attached hydrogens (tertiary/aromatic N) is 1. The lowest BCUT2D eigenvalue weighted by atomic mass is 9.86. The maximum absolute atomic E-state index is 6.10. The maximum atomic E-state index is 6.10. The van der Waals surface area contributed by atoms with Gasteiger partial charge in [0.05, 0.1) is 0 Å². The molecule has 2 atom stereocenters. The number of nitrogens with two attached hydrogens (primary N) is 1. The van der Waals surface area contributed by atoms with Gasteiger partial charge in [-0.1, -0.05) is 58.4 Å². The van der Waals surface area contributed by atoms with Crippen LogP contribution in [0.15, 0.2) is 24.3 Å². The molecule has 21 heavy (non-hydrogen) atoms. The normalized spacial score (nSPS) is 22.2. The third-order valence-corrected chi connectivity index (χ3v) is 4.95. The van der Waals surface area contributed by atoms with Crippen molar-refractivity contribution in [3.8, 4) is 0 Å². The molecule has 1 saturated heterocycles. The van der Waals surface area contributed by atoms with Gasteiger partial charge >= 0.3 is 0 Å². The van der Waals surface area contributed by atoms with E-state index < -0.39 is 0 Å². The van der Waals surface area contributed by atoms with Crippen molar-refractivity contribution in [1.82, 2.24) is 4.90 Å². The van der Waals surface area contributed by atoms with Crippen LogP contribution in [-0.4, -0.2) is 24.5 Å². The van der Waals surface area contributed by atoms with Crippen molar-refractivity contribution in [1.29, 1.82) is 0 Å². The molecule has 1 fully saturated rings. The molecule has 1 aromatic carbocycles. The van der Waals surface area contributed by atoms with Gasteiger partial charge in [0, 0.05) is 19.1 Å². The molecule has 2 N–H and O–H groups in total. The minimum atomic E-state index is 0.217. The van der Waals surface area contributed by atoms with Crippen molar-refractivity contribution in [3.05, 3.63) is 35.4 Å². The van der Waals surface area contributed by atoms with Crippen LogP contribution in [0.25, 0.3) is 0 Å². The van der Waals surface area contributed by atoms with Crippen LogP contribution in [0.5, 0.6) is 0 Å². The molecule has 0 aliphatic carbocycles. The molecule has 1 heterocycles. The Balaban J connectivity index is 2.13. The summed E-state index contributed by atoms with van der Waals surface area (Å²) < 4.78 is 0. The van der Waals surface area contributed by atoms with Gasteiger partial charge in [0.15, 0.2) is 0 Å². The van der Waals surface area contributed by atoms with Crippen LogP contribution in [0, 0.1) is 5.92 Å². The Morgan fingerprint density at radius 3 is 2.43 bits per heavy atom. The first-order valence-electron chi connectivity index (χ1n) is 8.50. The monoisotopic (exact) mass is 288 g/mol. The second kappa shape index (κ2) is 6.93. The third kappa shape index (κ3) is 4.08. The fourth-order valence-electron chi connectivity index (χ4n) is 3.41. The van der Waals surface area contributed by atoms with Crippen LogP contribution < -0.4 is 5.73 Å². The fourth-order valence-corrected chi connectivity index (χ4v) is 3.41. The first kappa shape index (κ1) is 16.5. The second-order valence-corrected chi connectivity index (χ2v) is 7.53. The Bertz CT molecular complexity index is 430. The van der Waals surface area contributed by atoms with Crippen molar-refractivity contribution in [2.75, 3.05) is 19.6 Å². The number of hydrogen-bond donors (Lipinski definition) is 1. The van der Waals surface area contributed by atoms with E-state index in [1.165, 1.54) is 43.5 Å². The van der Waals surface area contributed by atoms with Crippen LogP contribution in [-0.2, 0) is 5.41 Å². The van der Waals surface area contributed by atoms with E-state index in [9.17, 15) is 0 Å². The molecule has 1 aliphatic rings. The Morgan fingerprint density at radius 1 is 1.24 bits per heavy atom. The first-order chi connectivity index (χ1) is 9.95. The largest absolute Gasteiger partial charge is 0.329 e. The molecule has 0 aromatic heterocycles. The highest BCUT2D eigenvalue weighted by Crippen LogP contribution is 2.29. The Labute approximate surface area is 130 Å². The van der Waals surface area contributed by atoms with E-state index >= 15 is 0 Å². The smallest absolute Gasteiger partial charge is 0.0470 e. The van der Waals surface area contributed by atoms with Crippen molar-refractivity contribution in [2.24, 2.45) is 11.7 Å². The van der Waals surface area contributed by atoms with Crippen LogP contribution in [0.3, 0.4) is 0 Å². The summed E-state index contributed by atoms with van der Waals surface area (Å²) in [6.07, 6.45) is 3.99. The summed E-state index contributed by atoms with van der Waals surface area (Å²) in [6, 6.07) is 9.51. The van der Waals surface area contributed by atoms with Crippen LogP contribution >= 0.6 is 0 Å². The number of rotatable bonds is 4. The van der Waals surface area contributed by atoms with Gasteiger partial charge in [0.1, 0.15) is 0 Å². The topological polar surface area (TPSA) is 29.3 Å². The van der Waals surface area contributed by atoms with Gasteiger partial charge in [0.25, 0.3) is 0 Å². The number of piperidine rings is 1. The summed E-state index contributed by atoms with van der Waals surface area (Å²) in [5.74, 6) is 0.849. The summed E-state index contributed by atoms with van der Waals surface area (Å²) in [5, 5.41) is 0. The predicted molar refractivity (Wildman–Crippen MR) is 91.5 cm³/mol. The lowest BCUT2D eigenvalue weighted by molar-refractivity contribution is 0.124. The van der Waals surface area contributed by atoms with Crippen molar-refractivity contribution in [3.63, 3.8) is 0 Å². The van der Waals surface area contributed by atoms with E-state index in [1.807, 2.05) is 0 Å². The molecule has 0 bridgehead atoms. The van der Waals surface area contributed by atoms with Gasteiger partial charge in [-0.05, 0) is 41.8 Å². The zero-order chi connectivity index (χ0) is 15.5. The minimum Gasteiger partial charge on any atom is -0.329 e. The fraction of sp³-hybridized carbons (Fsp3) is 0.684. The number of hydrogen-bond acceptors (Lipinski definition) is 2. The van der Waals surface area contributed by atoms with E-state index in [0.29, 0.717) is 12.6 Å². The average molecular weight is 288 g/mol. The van der Waals surface area contributed by atoms with E-state index in [4.69, 9.17) is 5.73 Å². The van der Waals surface area contributed by atoms with E-state index in [2.05, 4.69) is 56.9 Å². The minimum absolute atomic E-state index is 0.217. The Morgan fingerprint density at radius 2 is 1.90 bits per heavy atom. The van der Waals surface area contributed by atoms with Gasteiger partial charge in [-0.25, -0.2) is 0 Å². The highest BCUT2D eigenvalue weighted by molar-refractivity contribution is 5.29. The summed E-state index contributed by atoms with van der Waals surface area (Å²) in [5.41, 5.74) is 9.09. The second-order valence-electron chi connectivity index (χ2n) is 7.53. The quantitative estimate of drug-likeness (QED) is 0.903. The highest BCUT2D eigenvalue weighted by Gasteiger charge is 2.25. The van der Waals surface area contributed by atoms with E-state index in [0.717, 1.165) is 5.92 Å². The zero-order valence-corrected chi connectivity index (χ0v) is 14.2. The molecule has 2 nitrogen and oxygen atoms in total. The van der Waals surface area contributed by atoms with E-state index in [1.54, 1.807) is 0 Å². The van der Waals surface area contributed by atoms with Gasteiger partial charge in [0.2, 0.25) is 0 Å². The lowest BCUT2D eigenvalue weighted by Gasteiger charge is -2.38. The predicted octanol–water partition coefficient (Wildman–Crippen LogP) is 4.11. The standard InChI is InChI=1S/C19H32N2/c1-5-15-7-6-12-21(14-15)18(13-20)16-8-10-17(11-9-16)19(2,3)4/h8-11,15,18H,5-7,12-14,20H2,1-4H3. The number of likely N-dealkylation sites (tertiary alicyclic amines) is 1. The van der Waals surface area contributed by atoms with Crippen molar-refractivity contribution < 1.29 is 0 Å². The van der Waals surface area contributed by atoms with Gasteiger partial charge < -0.3 is 5.73 Å². The average Bonchev–Trinajstić information content (AvgIpc) is 2.48. The molecule has 2 unspecified atom stereocenters.